The van der Waals surface area contributed by atoms with E-state index in [1.807, 2.05) is 0 Å². The van der Waals surface area contributed by atoms with Gasteiger partial charge in [-0.25, -0.2) is 4.79 Å². The Morgan fingerprint density at radius 2 is 2.00 bits per heavy atom. The van der Waals surface area contributed by atoms with E-state index in [0.29, 0.717) is 6.54 Å². The van der Waals surface area contributed by atoms with Gasteiger partial charge >= 0.3 is 6.03 Å². The molecule has 1 saturated carbocycles. The van der Waals surface area contributed by atoms with E-state index >= 15 is 0 Å². The lowest BCUT2D eigenvalue weighted by Gasteiger charge is -2.31. The van der Waals surface area contributed by atoms with Crippen LogP contribution in [0.2, 0.25) is 0 Å². The van der Waals surface area contributed by atoms with Crippen LogP contribution in [0.25, 0.3) is 0 Å². The lowest BCUT2D eigenvalue weighted by molar-refractivity contribution is 0.0575. The Kier molecular flexibility index (Phi) is 5.44. The molecular formula is C16H24N2O3. The Morgan fingerprint density at radius 1 is 1.33 bits per heavy atom. The summed E-state index contributed by atoms with van der Waals surface area (Å²) in [5.41, 5.74) is 0.733. The summed E-state index contributed by atoms with van der Waals surface area (Å²) in [7, 11) is 3.37. The van der Waals surface area contributed by atoms with E-state index in [-0.39, 0.29) is 18.1 Å². The number of ether oxygens (including phenoxy) is 1. The number of carbonyl (C=O) groups excluding carboxylic acids is 1. The molecule has 21 heavy (non-hydrogen) atoms. The van der Waals surface area contributed by atoms with Crippen LogP contribution in [0.15, 0.2) is 24.3 Å². The highest BCUT2D eigenvalue weighted by Gasteiger charge is 2.25. The number of rotatable bonds is 4. The van der Waals surface area contributed by atoms with Crippen molar-refractivity contribution in [3.05, 3.63) is 24.3 Å². The highest BCUT2D eigenvalue weighted by atomic mass is 16.5. The van der Waals surface area contributed by atoms with Crippen molar-refractivity contribution in [2.24, 2.45) is 5.92 Å². The van der Waals surface area contributed by atoms with E-state index in [1.54, 1.807) is 43.3 Å². The fraction of sp³-hybridized carbons (Fsp3) is 0.562. The maximum absolute atomic E-state index is 12.1. The predicted octanol–water partition coefficient (Wildman–Crippen LogP) is 2.71. The minimum absolute atomic E-state index is 0.155. The molecule has 1 aromatic carbocycles. The summed E-state index contributed by atoms with van der Waals surface area (Å²) >= 11 is 0. The van der Waals surface area contributed by atoms with E-state index < -0.39 is 0 Å². The number of amides is 2. The maximum atomic E-state index is 12.1. The van der Waals surface area contributed by atoms with Gasteiger partial charge in [-0.15, -0.1) is 0 Å². The molecule has 0 radical (unpaired) electrons. The van der Waals surface area contributed by atoms with Gasteiger partial charge in [-0.1, -0.05) is 12.8 Å². The smallest absolute Gasteiger partial charge is 0.321 e. The van der Waals surface area contributed by atoms with Crippen LogP contribution < -0.4 is 10.1 Å². The third-order valence-corrected chi connectivity index (χ3v) is 4.07. The Labute approximate surface area is 125 Å². The molecule has 2 atom stereocenters. The summed E-state index contributed by atoms with van der Waals surface area (Å²) in [5.74, 6) is 0.942. The van der Waals surface area contributed by atoms with E-state index in [9.17, 15) is 9.90 Å². The Balaban J connectivity index is 1.86. The molecule has 1 aliphatic carbocycles. The molecule has 0 spiro atoms. The van der Waals surface area contributed by atoms with Gasteiger partial charge in [0, 0.05) is 25.2 Å². The molecule has 5 nitrogen and oxygen atoms in total. The molecule has 2 unspecified atom stereocenters. The van der Waals surface area contributed by atoms with Crippen LogP contribution in [0.1, 0.15) is 25.7 Å². The third kappa shape index (κ3) is 4.36. The number of hydrogen-bond acceptors (Lipinski definition) is 3. The first-order valence-electron chi connectivity index (χ1n) is 7.44. The van der Waals surface area contributed by atoms with Gasteiger partial charge in [-0.2, -0.15) is 0 Å². The summed E-state index contributed by atoms with van der Waals surface area (Å²) in [6, 6.07) is 7.07. The Hall–Kier alpha value is -1.75. The summed E-state index contributed by atoms with van der Waals surface area (Å²) in [4.78, 5) is 13.8. The van der Waals surface area contributed by atoms with Crippen molar-refractivity contribution in [2.45, 2.75) is 31.8 Å². The molecule has 0 heterocycles. The van der Waals surface area contributed by atoms with Crippen molar-refractivity contribution in [1.82, 2.24) is 4.90 Å². The molecule has 0 aromatic heterocycles. The van der Waals surface area contributed by atoms with Crippen LogP contribution in [0.4, 0.5) is 10.5 Å². The zero-order chi connectivity index (χ0) is 15.2. The second kappa shape index (κ2) is 7.31. The monoisotopic (exact) mass is 292 g/mol. The lowest BCUT2D eigenvalue weighted by Crippen LogP contribution is -2.40. The van der Waals surface area contributed by atoms with Gasteiger partial charge in [-0.05, 0) is 37.1 Å². The molecule has 2 amide bonds. The molecule has 116 valence electrons. The van der Waals surface area contributed by atoms with Gasteiger partial charge in [0.05, 0.1) is 13.2 Å². The highest BCUT2D eigenvalue weighted by Crippen LogP contribution is 2.25. The van der Waals surface area contributed by atoms with Gasteiger partial charge in [0.15, 0.2) is 0 Å². The number of anilines is 1. The summed E-state index contributed by atoms with van der Waals surface area (Å²) < 4.78 is 5.08. The molecule has 0 saturated heterocycles. The van der Waals surface area contributed by atoms with Gasteiger partial charge in [0.25, 0.3) is 0 Å². The van der Waals surface area contributed by atoms with E-state index in [4.69, 9.17) is 4.74 Å². The fourth-order valence-corrected chi connectivity index (χ4v) is 2.73. The molecule has 1 fully saturated rings. The number of urea groups is 1. The maximum Gasteiger partial charge on any atom is 0.321 e. The zero-order valence-corrected chi connectivity index (χ0v) is 12.7. The molecule has 1 aliphatic rings. The molecule has 0 aliphatic heterocycles. The number of hydrogen-bond donors (Lipinski definition) is 2. The van der Waals surface area contributed by atoms with Crippen LogP contribution in [-0.4, -0.2) is 42.8 Å². The van der Waals surface area contributed by atoms with Crippen molar-refractivity contribution in [2.75, 3.05) is 26.0 Å². The van der Waals surface area contributed by atoms with Crippen LogP contribution in [0, 0.1) is 5.92 Å². The van der Waals surface area contributed by atoms with Crippen LogP contribution in [-0.2, 0) is 0 Å². The van der Waals surface area contributed by atoms with E-state index in [1.165, 1.54) is 0 Å². The first-order valence-corrected chi connectivity index (χ1v) is 7.44. The number of carbonyl (C=O) groups is 1. The second-order valence-electron chi connectivity index (χ2n) is 5.65. The second-order valence-corrected chi connectivity index (χ2v) is 5.65. The summed E-state index contributed by atoms with van der Waals surface area (Å²) in [5, 5.41) is 12.8. The minimum atomic E-state index is -0.282. The van der Waals surface area contributed by atoms with Crippen LogP contribution >= 0.6 is 0 Å². The first kappa shape index (κ1) is 15.6. The van der Waals surface area contributed by atoms with Crippen LogP contribution in [0.3, 0.4) is 0 Å². The van der Waals surface area contributed by atoms with Gasteiger partial charge in [-0.3, -0.25) is 0 Å². The van der Waals surface area contributed by atoms with E-state index in [0.717, 1.165) is 37.1 Å². The van der Waals surface area contributed by atoms with Crippen molar-refractivity contribution in [3.8, 4) is 5.75 Å². The van der Waals surface area contributed by atoms with Gasteiger partial charge in [0.2, 0.25) is 0 Å². The first-order chi connectivity index (χ1) is 10.1. The van der Waals surface area contributed by atoms with Crippen molar-refractivity contribution >= 4 is 11.7 Å². The topological polar surface area (TPSA) is 61.8 Å². The van der Waals surface area contributed by atoms with Gasteiger partial charge in [0.1, 0.15) is 5.75 Å². The number of nitrogens with one attached hydrogen (secondary N) is 1. The average Bonchev–Trinajstić information content (AvgIpc) is 2.50. The number of aliphatic hydroxyl groups is 1. The number of nitrogens with zero attached hydrogens (tertiary/aromatic N) is 1. The molecular weight excluding hydrogens is 268 g/mol. The number of methoxy groups -OCH3 is 1. The molecule has 2 rings (SSSR count). The van der Waals surface area contributed by atoms with Crippen LogP contribution in [0.5, 0.6) is 5.75 Å². The summed E-state index contributed by atoms with van der Waals surface area (Å²) in [6.07, 6.45) is 3.77. The fourth-order valence-electron chi connectivity index (χ4n) is 2.73. The Bertz CT molecular complexity index is 461. The minimum Gasteiger partial charge on any atom is -0.497 e. The third-order valence-electron chi connectivity index (χ3n) is 4.07. The van der Waals surface area contributed by atoms with Gasteiger partial charge < -0.3 is 20.1 Å². The predicted molar refractivity (Wildman–Crippen MR) is 82.6 cm³/mol. The molecule has 5 heteroatoms. The number of aliphatic hydroxyl groups excluding tert-OH is 1. The summed E-state index contributed by atoms with van der Waals surface area (Å²) in [6.45, 7) is 0.586. The highest BCUT2D eigenvalue weighted by molar-refractivity contribution is 5.89. The molecule has 2 N–H and O–H groups in total. The van der Waals surface area contributed by atoms with Crippen molar-refractivity contribution in [1.29, 1.82) is 0 Å². The normalized spacial score (nSPS) is 21.7. The lowest BCUT2D eigenvalue weighted by atomic mass is 9.86. The molecule has 0 bridgehead atoms. The average molecular weight is 292 g/mol. The Morgan fingerprint density at radius 3 is 2.62 bits per heavy atom. The zero-order valence-electron chi connectivity index (χ0n) is 12.7. The largest absolute Gasteiger partial charge is 0.497 e. The quantitative estimate of drug-likeness (QED) is 0.897. The molecule has 1 aromatic rings. The standard InChI is InChI=1S/C16H24N2O3/c1-18(11-12-5-3-4-6-15(12)19)16(20)17-13-7-9-14(21-2)10-8-13/h7-10,12,15,19H,3-6,11H2,1-2H3,(H,17,20). The van der Waals surface area contributed by atoms with Crippen molar-refractivity contribution in [3.63, 3.8) is 0 Å². The van der Waals surface area contributed by atoms with Crippen molar-refractivity contribution < 1.29 is 14.6 Å². The SMILES string of the molecule is COc1ccc(NC(=O)N(C)CC2CCCCC2O)cc1. The number of benzene rings is 1. The van der Waals surface area contributed by atoms with E-state index in [2.05, 4.69) is 5.32 Å².